The van der Waals surface area contributed by atoms with Crippen molar-refractivity contribution in [2.75, 3.05) is 4.90 Å². The van der Waals surface area contributed by atoms with E-state index in [1.807, 2.05) is 0 Å². The third-order valence-electron chi connectivity index (χ3n) is 4.69. The van der Waals surface area contributed by atoms with E-state index in [1.165, 1.54) is 53.2 Å². The molecule has 2 aromatic carbocycles. The lowest BCUT2D eigenvalue weighted by Crippen LogP contribution is -2.54. The second-order valence-electron chi connectivity index (χ2n) is 6.79. The summed E-state index contributed by atoms with van der Waals surface area (Å²) in [6.45, 7) is 0. The van der Waals surface area contributed by atoms with E-state index in [4.69, 9.17) is 12.2 Å². The number of nitrogens with one attached hydrogen (secondary N) is 1. The summed E-state index contributed by atoms with van der Waals surface area (Å²) in [7, 11) is 0. The molecule has 3 aromatic rings. The third kappa shape index (κ3) is 4.04. The summed E-state index contributed by atoms with van der Waals surface area (Å²) in [5.41, 5.74) is -0.543. The molecule has 2 amide bonds. The molecule has 0 unspecified atom stereocenters. The first kappa shape index (κ1) is 21.4. The van der Waals surface area contributed by atoms with Gasteiger partial charge in [0.25, 0.3) is 11.8 Å². The van der Waals surface area contributed by atoms with Gasteiger partial charge in [-0.05, 0) is 66.8 Å². The summed E-state index contributed by atoms with van der Waals surface area (Å²) in [5.74, 6) is -2.16. The molecular formula is C22H13F4N3O2S. The standard InChI is InChI=1S/C22H13F4N3O2S/c23-14-5-2-7-17(11-14)29-20(31)18(19(30)27-21(29)32)12-16-8-3-9-28(16)15-6-1-4-13(10-15)22(24,25)26/h1-12H,(H,27,30,32)/b18-12-. The normalized spacial score (nSPS) is 15.9. The number of aromatic nitrogens is 1. The molecule has 32 heavy (non-hydrogen) atoms. The lowest BCUT2D eigenvalue weighted by atomic mass is 10.1. The molecule has 2 heterocycles. The molecule has 10 heteroatoms. The molecule has 0 radical (unpaired) electrons. The largest absolute Gasteiger partial charge is 0.416 e. The van der Waals surface area contributed by atoms with Gasteiger partial charge in [-0.1, -0.05) is 12.1 Å². The van der Waals surface area contributed by atoms with Crippen molar-refractivity contribution in [1.82, 2.24) is 9.88 Å². The summed E-state index contributed by atoms with van der Waals surface area (Å²) in [4.78, 5) is 26.5. The van der Waals surface area contributed by atoms with Crippen LogP contribution in [0, 0.1) is 5.82 Å². The van der Waals surface area contributed by atoms with E-state index in [0.29, 0.717) is 0 Å². The van der Waals surface area contributed by atoms with E-state index in [-0.39, 0.29) is 27.8 Å². The van der Waals surface area contributed by atoms with Gasteiger partial charge in [0, 0.05) is 17.6 Å². The summed E-state index contributed by atoms with van der Waals surface area (Å²) < 4.78 is 54.3. The molecule has 0 atom stereocenters. The van der Waals surface area contributed by atoms with Crippen LogP contribution in [0.2, 0.25) is 0 Å². The van der Waals surface area contributed by atoms with Crippen molar-refractivity contribution in [3.63, 3.8) is 0 Å². The molecule has 1 N–H and O–H groups in total. The van der Waals surface area contributed by atoms with Gasteiger partial charge in [0.05, 0.1) is 11.3 Å². The summed E-state index contributed by atoms with van der Waals surface area (Å²) >= 11 is 5.07. The van der Waals surface area contributed by atoms with E-state index >= 15 is 0 Å². The van der Waals surface area contributed by atoms with Crippen LogP contribution in [-0.2, 0) is 15.8 Å². The minimum absolute atomic E-state index is 0.124. The number of carbonyl (C=O) groups excluding carboxylic acids is 2. The van der Waals surface area contributed by atoms with Crippen molar-refractivity contribution in [1.29, 1.82) is 0 Å². The number of alkyl halides is 3. The third-order valence-corrected chi connectivity index (χ3v) is 4.98. The van der Waals surface area contributed by atoms with Gasteiger partial charge in [0.2, 0.25) is 0 Å². The van der Waals surface area contributed by atoms with Crippen LogP contribution >= 0.6 is 12.2 Å². The van der Waals surface area contributed by atoms with Gasteiger partial charge in [0.1, 0.15) is 11.4 Å². The zero-order chi connectivity index (χ0) is 23.0. The number of benzene rings is 2. The van der Waals surface area contributed by atoms with Crippen LogP contribution in [0.1, 0.15) is 11.3 Å². The van der Waals surface area contributed by atoms with Crippen LogP contribution in [-0.4, -0.2) is 21.5 Å². The number of halogens is 4. The first-order chi connectivity index (χ1) is 15.1. The minimum atomic E-state index is -4.53. The minimum Gasteiger partial charge on any atom is -0.317 e. The second-order valence-corrected chi connectivity index (χ2v) is 7.18. The van der Waals surface area contributed by atoms with Gasteiger partial charge >= 0.3 is 6.18 Å². The molecule has 0 spiro atoms. The lowest BCUT2D eigenvalue weighted by molar-refractivity contribution is -0.137. The predicted octanol–water partition coefficient (Wildman–Crippen LogP) is 4.47. The van der Waals surface area contributed by atoms with Gasteiger partial charge < -0.3 is 4.57 Å². The zero-order valence-corrected chi connectivity index (χ0v) is 16.9. The monoisotopic (exact) mass is 459 g/mol. The number of nitrogens with zero attached hydrogens (tertiary/aromatic N) is 2. The fourth-order valence-electron chi connectivity index (χ4n) is 3.23. The van der Waals surface area contributed by atoms with E-state index in [0.717, 1.165) is 23.1 Å². The van der Waals surface area contributed by atoms with Crippen LogP contribution in [0.5, 0.6) is 0 Å². The molecule has 1 saturated heterocycles. The van der Waals surface area contributed by atoms with Gasteiger partial charge in [0.15, 0.2) is 5.11 Å². The molecule has 1 aliphatic rings. The highest BCUT2D eigenvalue weighted by atomic mass is 32.1. The fourth-order valence-corrected chi connectivity index (χ4v) is 3.51. The Balaban J connectivity index is 1.75. The van der Waals surface area contributed by atoms with Crippen LogP contribution < -0.4 is 10.2 Å². The fraction of sp³-hybridized carbons (Fsp3) is 0.0455. The van der Waals surface area contributed by atoms with E-state index in [1.54, 1.807) is 6.07 Å². The molecule has 4 rings (SSSR count). The maximum absolute atomic E-state index is 13.6. The Morgan fingerprint density at radius 3 is 2.38 bits per heavy atom. The number of hydrogen-bond acceptors (Lipinski definition) is 3. The van der Waals surface area contributed by atoms with Crippen molar-refractivity contribution in [3.05, 3.63) is 89.5 Å². The van der Waals surface area contributed by atoms with Crippen molar-refractivity contribution < 1.29 is 27.2 Å². The van der Waals surface area contributed by atoms with Crippen molar-refractivity contribution in [2.24, 2.45) is 0 Å². The quantitative estimate of drug-likeness (QED) is 0.272. The highest BCUT2D eigenvalue weighted by Crippen LogP contribution is 2.31. The number of thiocarbonyl (C=S) groups is 1. The number of hydrogen-bond donors (Lipinski definition) is 1. The molecule has 0 aliphatic carbocycles. The highest BCUT2D eigenvalue weighted by molar-refractivity contribution is 7.80. The topological polar surface area (TPSA) is 54.3 Å². The molecule has 1 aromatic heterocycles. The summed E-state index contributed by atoms with van der Waals surface area (Å²) in [5, 5.41) is 2.17. The van der Waals surface area contributed by atoms with Crippen molar-refractivity contribution in [3.8, 4) is 5.69 Å². The molecule has 162 valence electrons. The molecule has 1 fully saturated rings. The Labute approximate surface area is 184 Å². The van der Waals surface area contributed by atoms with E-state index in [2.05, 4.69) is 5.32 Å². The molecular weight excluding hydrogens is 446 g/mol. The zero-order valence-electron chi connectivity index (χ0n) is 16.1. The summed E-state index contributed by atoms with van der Waals surface area (Å²) in [6.07, 6.45) is -1.78. The van der Waals surface area contributed by atoms with Crippen LogP contribution in [0.25, 0.3) is 11.8 Å². The Bertz CT molecular complexity index is 1280. The molecule has 0 bridgehead atoms. The average molecular weight is 459 g/mol. The van der Waals surface area contributed by atoms with E-state index in [9.17, 15) is 27.2 Å². The lowest BCUT2D eigenvalue weighted by Gasteiger charge is -2.29. The van der Waals surface area contributed by atoms with Crippen molar-refractivity contribution in [2.45, 2.75) is 6.18 Å². The average Bonchev–Trinajstić information content (AvgIpc) is 3.19. The van der Waals surface area contributed by atoms with Crippen LogP contribution in [0.3, 0.4) is 0 Å². The number of anilines is 1. The first-order valence-corrected chi connectivity index (χ1v) is 9.58. The van der Waals surface area contributed by atoms with Crippen molar-refractivity contribution >= 4 is 40.9 Å². The predicted molar refractivity (Wildman–Crippen MR) is 113 cm³/mol. The maximum atomic E-state index is 13.6. The van der Waals surface area contributed by atoms with Gasteiger partial charge in [-0.25, -0.2) is 4.39 Å². The van der Waals surface area contributed by atoms with Crippen LogP contribution in [0.4, 0.5) is 23.2 Å². The number of carbonyl (C=O) groups is 2. The SMILES string of the molecule is O=C1NC(=S)N(c2cccc(F)c2)C(=O)/C1=C\c1cccn1-c1cccc(C(F)(F)F)c1. The number of amides is 2. The maximum Gasteiger partial charge on any atom is 0.416 e. The first-order valence-electron chi connectivity index (χ1n) is 9.17. The number of rotatable bonds is 3. The molecule has 5 nitrogen and oxygen atoms in total. The van der Waals surface area contributed by atoms with Gasteiger partial charge in [-0.15, -0.1) is 0 Å². The van der Waals surface area contributed by atoms with Crippen LogP contribution in [0.15, 0.2) is 72.4 Å². The summed E-state index contributed by atoms with van der Waals surface area (Å²) in [6, 6.07) is 12.8. The second kappa shape index (κ2) is 8.04. The Morgan fingerprint density at radius 2 is 1.66 bits per heavy atom. The van der Waals surface area contributed by atoms with Gasteiger partial charge in [-0.2, -0.15) is 13.2 Å². The Morgan fingerprint density at radius 1 is 0.938 bits per heavy atom. The molecule has 0 saturated carbocycles. The Hall–Kier alpha value is -3.79. The Kier molecular flexibility index (Phi) is 5.39. The molecule has 1 aliphatic heterocycles. The highest BCUT2D eigenvalue weighted by Gasteiger charge is 2.35. The van der Waals surface area contributed by atoms with E-state index < -0.39 is 29.4 Å². The van der Waals surface area contributed by atoms with Gasteiger partial charge in [-0.3, -0.25) is 19.8 Å². The smallest absolute Gasteiger partial charge is 0.317 e.